The lowest BCUT2D eigenvalue weighted by molar-refractivity contribution is 0.174. The van der Waals surface area contributed by atoms with Crippen LogP contribution in [0.3, 0.4) is 0 Å². The summed E-state index contributed by atoms with van der Waals surface area (Å²) in [7, 11) is 0. The number of hydrogen-bond donors (Lipinski definition) is 2. The standard InChI is InChI=1S/C24H16N4O3/c25-11-17-20(16-7-3-5-13-4-1-2-6-15(13)16)21-22(27-28-24(21)31-23(17)26)14-8-9-18-19(10-14)30-12-29-18/h1-10,20H,12,26H2,(H,27,28). The Bertz CT molecular complexity index is 1430. The highest BCUT2D eigenvalue weighted by Crippen LogP contribution is 2.48. The summed E-state index contributed by atoms with van der Waals surface area (Å²) in [5.41, 5.74) is 9.82. The first kappa shape index (κ1) is 17.4. The van der Waals surface area contributed by atoms with E-state index in [1.165, 1.54) is 0 Å². The normalized spacial score (nSPS) is 16.7. The molecule has 1 aromatic heterocycles. The minimum Gasteiger partial charge on any atom is -0.454 e. The first-order chi connectivity index (χ1) is 15.2. The molecule has 6 rings (SSSR count). The molecule has 0 spiro atoms. The van der Waals surface area contributed by atoms with Gasteiger partial charge in [-0.1, -0.05) is 42.5 Å². The van der Waals surface area contributed by atoms with E-state index < -0.39 is 5.92 Å². The monoisotopic (exact) mass is 408 g/mol. The maximum absolute atomic E-state index is 9.98. The van der Waals surface area contributed by atoms with Crippen LogP contribution in [0.2, 0.25) is 0 Å². The van der Waals surface area contributed by atoms with Gasteiger partial charge < -0.3 is 19.9 Å². The summed E-state index contributed by atoms with van der Waals surface area (Å²) in [6.45, 7) is 0.194. The summed E-state index contributed by atoms with van der Waals surface area (Å²) < 4.78 is 16.7. The minimum absolute atomic E-state index is 0.0664. The third kappa shape index (κ3) is 2.55. The summed E-state index contributed by atoms with van der Waals surface area (Å²) >= 11 is 0. The first-order valence-electron chi connectivity index (χ1n) is 9.78. The zero-order chi connectivity index (χ0) is 20.9. The van der Waals surface area contributed by atoms with E-state index in [4.69, 9.17) is 19.9 Å². The van der Waals surface area contributed by atoms with Crippen molar-refractivity contribution in [3.05, 3.63) is 83.2 Å². The largest absolute Gasteiger partial charge is 0.454 e. The van der Waals surface area contributed by atoms with Crippen molar-refractivity contribution in [3.63, 3.8) is 0 Å². The molecular formula is C24H16N4O3. The van der Waals surface area contributed by atoms with Gasteiger partial charge in [-0.15, -0.1) is 5.10 Å². The molecule has 0 aliphatic carbocycles. The Labute approximate surface area is 177 Å². The third-order valence-electron chi connectivity index (χ3n) is 5.73. The molecule has 3 heterocycles. The molecule has 3 N–H and O–H groups in total. The van der Waals surface area contributed by atoms with E-state index in [0.29, 0.717) is 23.0 Å². The van der Waals surface area contributed by atoms with Crippen molar-refractivity contribution in [2.24, 2.45) is 5.73 Å². The van der Waals surface area contributed by atoms with Gasteiger partial charge in [0.05, 0.1) is 17.2 Å². The molecule has 1 atom stereocenters. The predicted octanol–water partition coefficient (Wildman–Crippen LogP) is 4.18. The van der Waals surface area contributed by atoms with Crippen molar-refractivity contribution >= 4 is 10.8 Å². The van der Waals surface area contributed by atoms with Crippen molar-refractivity contribution in [3.8, 4) is 34.7 Å². The van der Waals surface area contributed by atoms with Crippen molar-refractivity contribution in [1.29, 1.82) is 5.26 Å². The lowest BCUT2D eigenvalue weighted by Gasteiger charge is -2.25. The number of hydrogen-bond acceptors (Lipinski definition) is 6. The predicted molar refractivity (Wildman–Crippen MR) is 113 cm³/mol. The van der Waals surface area contributed by atoms with E-state index in [0.717, 1.165) is 33.2 Å². The fourth-order valence-electron chi connectivity index (χ4n) is 4.33. The van der Waals surface area contributed by atoms with Crippen LogP contribution >= 0.6 is 0 Å². The number of nitriles is 1. The van der Waals surface area contributed by atoms with Gasteiger partial charge in [0.25, 0.3) is 0 Å². The van der Waals surface area contributed by atoms with Crippen LogP contribution in [0.25, 0.3) is 22.0 Å². The summed E-state index contributed by atoms with van der Waals surface area (Å²) in [5, 5.41) is 19.5. The summed E-state index contributed by atoms with van der Waals surface area (Å²) in [4.78, 5) is 0. The van der Waals surface area contributed by atoms with Gasteiger partial charge in [0.1, 0.15) is 11.6 Å². The van der Waals surface area contributed by atoms with E-state index in [1.54, 1.807) is 0 Å². The lowest BCUT2D eigenvalue weighted by Crippen LogP contribution is -2.21. The number of H-pyrrole nitrogens is 1. The minimum atomic E-state index is -0.431. The highest BCUT2D eigenvalue weighted by Gasteiger charge is 2.36. The Kier molecular flexibility index (Phi) is 3.67. The van der Waals surface area contributed by atoms with Crippen LogP contribution in [0.4, 0.5) is 0 Å². The molecule has 0 amide bonds. The Morgan fingerprint density at radius 2 is 1.87 bits per heavy atom. The second kappa shape index (κ2) is 6.54. The van der Waals surface area contributed by atoms with Crippen LogP contribution in [-0.2, 0) is 0 Å². The van der Waals surface area contributed by atoms with E-state index in [9.17, 15) is 5.26 Å². The number of nitrogens with one attached hydrogen (secondary N) is 1. The summed E-state index contributed by atoms with van der Waals surface area (Å²) in [5.74, 6) is 1.36. The Hall–Kier alpha value is -4.44. The second-order valence-corrected chi connectivity index (χ2v) is 7.38. The zero-order valence-corrected chi connectivity index (χ0v) is 16.3. The molecule has 150 valence electrons. The quantitative estimate of drug-likeness (QED) is 0.515. The maximum atomic E-state index is 9.98. The van der Waals surface area contributed by atoms with Crippen molar-refractivity contribution < 1.29 is 14.2 Å². The zero-order valence-electron chi connectivity index (χ0n) is 16.3. The van der Waals surface area contributed by atoms with E-state index in [1.807, 2.05) is 60.7 Å². The molecule has 31 heavy (non-hydrogen) atoms. The SMILES string of the molecule is N#CC1=C(N)Oc2n[nH]c(-c3ccc4c(c3)OCO4)c2C1c1cccc2ccccc12. The first-order valence-corrected chi connectivity index (χ1v) is 9.78. The lowest BCUT2D eigenvalue weighted by atomic mass is 9.81. The van der Waals surface area contributed by atoms with Crippen LogP contribution in [0.15, 0.2) is 72.1 Å². The number of nitrogens with zero attached hydrogens (tertiary/aromatic N) is 2. The maximum Gasteiger partial charge on any atom is 0.244 e. The number of rotatable bonds is 2. The molecule has 7 heteroatoms. The molecule has 4 aromatic rings. The molecule has 2 aliphatic rings. The number of aromatic nitrogens is 2. The van der Waals surface area contributed by atoms with Crippen LogP contribution < -0.4 is 19.9 Å². The fourth-order valence-corrected chi connectivity index (χ4v) is 4.33. The number of benzene rings is 3. The van der Waals surface area contributed by atoms with E-state index in [-0.39, 0.29) is 12.7 Å². The van der Waals surface area contributed by atoms with Gasteiger partial charge in [0.2, 0.25) is 18.6 Å². The van der Waals surface area contributed by atoms with E-state index in [2.05, 4.69) is 16.3 Å². The fraction of sp³-hybridized carbons (Fsp3) is 0.0833. The molecule has 0 radical (unpaired) electrons. The van der Waals surface area contributed by atoms with Gasteiger partial charge >= 0.3 is 0 Å². The molecule has 0 saturated carbocycles. The molecule has 0 fully saturated rings. The number of ether oxygens (including phenoxy) is 3. The van der Waals surface area contributed by atoms with Gasteiger partial charge in [-0.25, -0.2) is 0 Å². The summed E-state index contributed by atoms with van der Waals surface area (Å²) in [6, 6.07) is 22.1. The van der Waals surface area contributed by atoms with Gasteiger partial charge in [-0.3, -0.25) is 5.10 Å². The Morgan fingerprint density at radius 3 is 2.77 bits per heavy atom. The van der Waals surface area contributed by atoms with Crippen molar-refractivity contribution in [2.45, 2.75) is 5.92 Å². The number of nitrogens with two attached hydrogens (primary N) is 1. The Balaban J connectivity index is 1.61. The smallest absolute Gasteiger partial charge is 0.244 e. The van der Waals surface area contributed by atoms with Crippen LogP contribution in [0.1, 0.15) is 17.0 Å². The Morgan fingerprint density at radius 1 is 1.03 bits per heavy atom. The third-order valence-corrected chi connectivity index (χ3v) is 5.73. The van der Waals surface area contributed by atoms with E-state index >= 15 is 0 Å². The molecule has 3 aromatic carbocycles. The highest BCUT2D eigenvalue weighted by molar-refractivity contribution is 5.88. The van der Waals surface area contributed by atoms with Gasteiger partial charge in [-0.2, -0.15) is 5.26 Å². The number of fused-ring (bicyclic) bond motifs is 3. The summed E-state index contributed by atoms with van der Waals surface area (Å²) in [6.07, 6.45) is 0. The molecule has 0 saturated heterocycles. The van der Waals surface area contributed by atoms with Gasteiger partial charge in [0, 0.05) is 5.56 Å². The topological polar surface area (TPSA) is 106 Å². The average Bonchev–Trinajstić information content (AvgIpc) is 3.44. The van der Waals surface area contributed by atoms with Crippen LogP contribution in [-0.4, -0.2) is 17.0 Å². The van der Waals surface area contributed by atoms with Crippen LogP contribution in [0, 0.1) is 11.3 Å². The number of allylic oxidation sites excluding steroid dienone is 1. The van der Waals surface area contributed by atoms with Gasteiger partial charge in [-0.05, 0) is 34.5 Å². The highest BCUT2D eigenvalue weighted by atomic mass is 16.7. The molecule has 0 bridgehead atoms. The number of aromatic amines is 1. The van der Waals surface area contributed by atoms with Crippen molar-refractivity contribution in [1.82, 2.24) is 10.2 Å². The molecule has 2 aliphatic heterocycles. The average molecular weight is 408 g/mol. The van der Waals surface area contributed by atoms with Crippen molar-refractivity contribution in [2.75, 3.05) is 6.79 Å². The second-order valence-electron chi connectivity index (χ2n) is 7.38. The van der Waals surface area contributed by atoms with Gasteiger partial charge in [0.15, 0.2) is 11.5 Å². The van der Waals surface area contributed by atoms with Crippen LogP contribution in [0.5, 0.6) is 17.4 Å². The molecular weight excluding hydrogens is 392 g/mol. The molecule has 1 unspecified atom stereocenters. The molecule has 7 nitrogen and oxygen atoms in total.